The van der Waals surface area contributed by atoms with E-state index in [1.165, 1.54) is 12.1 Å². The Hall–Kier alpha value is -2.05. The molecule has 0 saturated heterocycles. The van der Waals surface area contributed by atoms with Crippen LogP contribution in [0.4, 0.5) is 4.39 Å². The van der Waals surface area contributed by atoms with Gasteiger partial charge in [0.2, 0.25) is 11.8 Å². The molecule has 4 nitrogen and oxygen atoms in total. The predicted octanol–water partition coefficient (Wildman–Crippen LogP) is 4.51. The second kappa shape index (κ2) is 11.1. The number of rotatable bonds is 9. The first-order valence-corrected chi connectivity index (χ1v) is 10.4. The number of benzene rings is 2. The number of carbonyl (C=O) groups is 2. The minimum absolute atomic E-state index is 0.110. The molecule has 0 fully saturated rings. The summed E-state index contributed by atoms with van der Waals surface area (Å²) in [6.07, 6.45) is 0.791. The highest BCUT2D eigenvalue weighted by atomic mass is 35.5. The van der Waals surface area contributed by atoms with E-state index in [0.29, 0.717) is 23.6 Å². The summed E-state index contributed by atoms with van der Waals surface area (Å²) in [4.78, 5) is 27.8. The first-order chi connectivity index (χ1) is 13.4. The van der Waals surface area contributed by atoms with Crippen molar-refractivity contribution in [3.63, 3.8) is 0 Å². The van der Waals surface area contributed by atoms with E-state index in [1.807, 2.05) is 31.2 Å². The molecule has 0 unspecified atom stereocenters. The number of hydrogen-bond donors (Lipinski definition) is 1. The molecule has 0 aromatic heterocycles. The lowest BCUT2D eigenvalue weighted by atomic mass is 10.1. The van der Waals surface area contributed by atoms with E-state index in [4.69, 9.17) is 11.6 Å². The second-order valence-corrected chi connectivity index (χ2v) is 7.84. The van der Waals surface area contributed by atoms with Crippen molar-refractivity contribution >= 4 is 35.2 Å². The van der Waals surface area contributed by atoms with Gasteiger partial charge in [-0.3, -0.25) is 9.59 Å². The van der Waals surface area contributed by atoms with E-state index in [9.17, 15) is 14.0 Å². The number of amides is 2. The summed E-state index contributed by atoms with van der Waals surface area (Å²) in [6, 6.07) is 12.9. The maximum Gasteiger partial charge on any atom is 0.242 e. The molecule has 0 radical (unpaired) electrons. The van der Waals surface area contributed by atoms with Gasteiger partial charge in [-0.15, -0.1) is 11.8 Å². The Morgan fingerprint density at radius 1 is 1.14 bits per heavy atom. The molecule has 2 amide bonds. The van der Waals surface area contributed by atoms with Crippen LogP contribution in [0.3, 0.4) is 0 Å². The van der Waals surface area contributed by atoms with E-state index in [2.05, 4.69) is 5.32 Å². The fourth-order valence-corrected chi connectivity index (χ4v) is 3.77. The summed E-state index contributed by atoms with van der Waals surface area (Å²) in [5.74, 6) is -0.0613. The summed E-state index contributed by atoms with van der Waals surface area (Å²) in [6.45, 7) is 2.13. The zero-order valence-corrected chi connectivity index (χ0v) is 17.5. The van der Waals surface area contributed by atoms with Gasteiger partial charge in [-0.25, -0.2) is 4.39 Å². The van der Waals surface area contributed by atoms with Gasteiger partial charge in [0, 0.05) is 35.7 Å². The highest BCUT2D eigenvalue weighted by Gasteiger charge is 2.27. The molecule has 0 bridgehead atoms. The molecule has 28 heavy (non-hydrogen) atoms. The molecule has 0 aliphatic rings. The minimum atomic E-state index is -0.567. The van der Waals surface area contributed by atoms with Crippen LogP contribution in [0, 0.1) is 5.82 Å². The van der Waals surface area contributed by atoms with Gasteiger partial charge in [0.05, 0.1) is 0 Å². The number of carbonyl (C=O) groups excluding carboxylic acids is 2. The molecule has 0 aliphatic carbocycles. The summed E-state index contributed by atoms with van der Waals surface area (Å²) >= 11 is 7.45. The quantitative estimate of drug-likeness (QED) is 0.604. The van der Waals surface area contributed by atoms with Gasteiger partial charge in [0.25, 0.3) is 0 Å². The van der Waals surface area contributed by atoms with Crippen LogP contribution in [0.2, 0.25) is 5.02 Å². The zero-order valence-electron chi connectivity index (χ0n) is 16.0. The van der Waals surface area contributed by atoms with Crippen molar-refractivity contribution in [3.8, 4) is 0 Å². The Bertz CT molecular complexity index is 784. The standard InChI is InChI=1S/C21H24ClFN2O2S/c1-3-19(21(27)24-2)25(14-15-4-8-17(23)9-5-15)20(26)12-13-28-18-10-6-16(22)7-11-18/h4-11,19H,3,12-14H2,1-2H3,(H,24,27)/t19-/m0/s1. The number of likely N-dealkylation sites (N-methyl/N-ethyl adjacent to an activating group) is 1. The van der Waals surface area contributed by atoms with Crippen molar-refractivity contribution in [1.82, 2.24) is 10.2 Å². The summed E-state index contributed by atoms with van der Waals surface area (Å²) in [7, 11) is 1.56. The van der Waals surface area contributed by atoms with Crippen LogP contribution in [0.5, 0.6) is 0 Å². The van der Waals surface area contributed by atoms with Gasteiger partial charge in [0.15, 0.2) is 0 Å². The SMILES string of the molecule is CC[C@@H](C(=O)NC)N(Cc1ccc(F)cc1)C(=O)CCSc1ccc(Cl)cc1. The van der Waals surface area contributed by atoms with Crippen molar-refractivity contribution in [2.75, 3.05) is 12.8 Å². The lowest BCUT2D eigenvalue weighted by Crippen LogP contribution is -2.48. The van der Waals surface area contributed by atoms with Crippen molar-refractivity contribution in [3.05, 3.63) is 64.9 Å². The first-order valence-electron chi connectivity index (χ1n) is 9.08. The van der Waals surface area contributed by atoms with Crippen molar-refractivity contribution in [2.24, 2.45) is 0 Å². The normalized spacial score (nSPS) is 11.7. The molecule has 2 aromatic rings. The van der Waals surface area contributed by atoms with E-state index in [0.717, 1.165) is 10.5 Å². The number of halogens is 2. The van der Waals surface area contributed by atoms with Crippen LogP contribution in [0.1, 0.15) is 25.3 Å². The van der Waals surface area contributed by atoms with E-state index in [-0.39, 0.29) is 24.2 Å². The topological polar surface area (TPSA) is 49.4 Å². The maximum absolute atomic E-state index is 13.2. The predicted molar refractivity (Wildman–Crippen MR) is 112 cm³/mol. The second-order valence-electron chi connectivity index (χ2n) is 6.24. The van der Waals surface area contributed by atoms with E-state index >= 15 is 0 Å². The Morgan fingerprint density at radius 2 is 1.79 bits per heavy atom. The van der Waals surface area contributed by atoms with Gasteiger partial charge < -0.3 is 10.2 Å². The molecule has 2 rings (SSSR count). The van der Waals surface area contributed by atoms with Gasteiger partial charge in [-0.2, -0.15) is 0 Å². The smallest absolute Gasteiger partial charge is 0.242 e. The lowest BCUT2D eigenvalue weighted by Gasteiger charge is -2.30. The molecule has 7 heteroatoms. The molecule has 1 atom stereocenters. The molecular weight excluding hydrogens is 399 g/mol. The monoisotopic (exact) mass is 422 g/mol. The minimum Gasteiger partial charge on any atom is -0.357 e. The van der Waals surface area contributed by atoms with Crippen molar-refractivity contribution < 1.29 is 14.0 Å². The third kappa shape index (κ3) is 6.53. The maximum atomic E-state index is 13.2. The molecule has 0 spiro atoms. The first kappa shape index (κ1) is 22.2. The average Bonchev–Trinajstić information content (AvgIpc) is 2.70. The Morgan fingerprint density at radius 3 is 2.36 bits per heavy atom. The molecule has 0 heterocycles. The zero-order chi connectivity index (χ0) is 20.5. The van der Waals surface area contributed by atoms with E-state index in [1.54, 1.807) is 35.8 Å². The van der Waals surface area contributed by atoms with Gasteiger partial charge in [-0.1, -0.05) is 30.7 Å². The van der Waals surface area contributed by atoms with Crippen LogP contribution in [0.15, 0.2) is 53.4 Å². The van der Waals surface area contributed by atoms with Crippen molar-refractivity contribution in [2.45, 2.75) is 37.2 Å². The number of nitrogens with one attached hydrogen (secondary N) is 1. The number of thioether (sulfide) groups is 1. The molecule has 150 valence electrons. The molecule has 0 aliphatic heterocycles. The fourth-order valence-electron chi connectivity index (χ4n) is 2.80. The fraction of sp³-hybridized carbons (Fsp3) is 0.333. The number of nitrogens with zero attached hydrogens (tertiary/aromatic N) is 1. The summed E-state index contributed by atoms with van der Waals surface area (Å²) in [5, 5.41) is 3.29. The third-order valence-electron chi connectivity index (χ3n) is 4.30. The Kier molecular flexibility index (Phi) is 8.80. The molecule has 1 N–H and O–H groups in total. The lowest BCUT2D eigenvalue weighted by molar-refractivity contribution is -0.140. The van der Waals surface area contributed by atoms with Crippen LogP contribution < -0.4 is 5.32 Å². The van der Waals surface area contributed by atoms with Crippen LogP contribution in [-0.4, -0.2) is 35.6 Å². The summed E-state index contributed by atoms with van der Waals surface area (Å²) in [5.41, 5.74) is 0.780. The molecular formula is C21H24ClFN2O2S. The summed E-state index contributed by atoms with van der Waals surface area (Å²) < 4.78 is 13.2. The van der Waals surface area contributed by atoms with Crippen molar-refractivity contribution in [1.29, 1.82) is 0 Å². The average molecular weight is 423 g/mol. The largest absolute Gasteiger partial charge is 0.357 e. The molecule has 0 saturated carbocycles. The third-order valence-corrected chi connectivity index (χ3v) is 5.56. The van der Waals surface area contributed by atoms with Crippen LogP contribution in [0.25, 0.3) is 0 Å². The molecule has 2 aromatic carbocycles. The Labute approximate surface area is 174 Å². The van der Waals surface area contributed by atoms with E-state index < -0.39 is 6.04 Å². The van der Waals surface area contributed by atoms with Gasteiger partial charge in [-0.05, 0) is 48.4 Å². The van der Waals surface area contributed by atoms with Crippen LogP contribution in [-0.2, 0) is 16.1 Å². The highest BCUT2D eigenvalue weighted by molar-refractivity contribution is 7.99. The van der Waals surface area contributed by atoms with Crippen LogP contribution >= 0.6 is 23.4 Å². The Balaban J connectivity index is 2.07. The van der Waals surface area contributed by atoms with Gasteiger partial charge >= 0.3 is 0 Å². The highest BCUT2D eigenvalue weighted by Crippen LogP contribution is 2.22. The van der Waals surface area contributed by atoms with Gasteiger partial charge in [0.1, 0.15) is 11.9 Å². The number of hydrogen-bond acceptors (Lipinski definition) is 3.